The molecule has 0 aliphatic heterocycles. The second-order valence-corrected chi connectivity index (χ2v) is 5.50. The summed E-state index contributed by atoms with van der Waals surface area (Å²) < 4.78 is 0. The smallest absolute Gasteiger partial charge is 0.137 e. The molecule has 20 heavy (non-hydrogen) atoms. The Morgan fingerprint density at radius 1 is 1.10 bits per heavy atom. The molecule has 1 heterocycles. The fourth-order valence-corrected chi connectivity index (χ4v) is 2.25. The van der Waals surface area contributed by atoms with Gasteiger partial charge in [0.2, 0.25) is 0 Å². The Labute approximate surface area is 124 Å². The lowest BCUT2D eigenvalue weighted by atomic mass is 10.2. The highest BCUT2D eigenvalue weighted by molar-refractivity contribution is 5.59. The van der Waals surface area contributed by atoms with Gasteiger partial charge in [0.1, 0.15) is 17.5 Å². The highest BCUT2D eigenvalue weighted by atomic mass is 15.2. The van der Waals surface area contributed by atoms with Gasteiger partial charge in [-0.3, -0.25) is 0 Å². The molecule has 0 aromatic carbocycles. The third kappa shape index (κ3) is 4.09. The van der Waals surface area contributed by atoms with Crippen LogP contribution in [0.25, 0.3) is 0 Å². The predicted molar refractivity (Wildman–Crippen MR) is 87.7 cm³/mol. The van der Waals surface area contributed by atoms with Crippen molar-refractivity contribution in [1.82, 2.24) is 9.97 Å². The van der Waals surface area contributed by atoms with Gasteiger partial charge in [-0.25, -0.2) is 9.97 Å². The van der Waals surface area contributed by atoms with Gasteiger partial charge in [0, 0.05) is 31.1 Å². The van der Waals surface area contributed by atoms with E-state index in [0.717, 1.165) is 55.4 Å². The van der Waals surface area contributed by atoms with E-state index in [1.165, 1.54) is 0 Å². The number of anilines is 2. The molecule has 0 bridgehead atoms. The van der Waals surface area contributed by atoms with E-state index in [0.29, 0.717) is 6.04 Å². The summed E-state index contributed by atoms with van der Waals surface area (Å²) in [6, 6.07) is 0.451. The summed E-state index contributed by atoms with van der Waals surface area (Å²) in [5.41, 5.74) is 1.16. The highest BCUT2D eigenvalue weighted by Crippen LogP contribution is 2.25. The zero-order valence-corrected chi connectivity index (χ0v) is 14.0. The molecule has 0 amide bonds. The number of aromatic nitrogens is 2. The van der Waals surface area contributed by atoms with Crippen LogP contribution in [-0.4, -0.2) is 29.1 Å². The second kappa shape index (κ2) is 8.08. The maximum Gasteiger partial charge on any atom is 0.137 e. The third-order valence-electron chi connectivity index (χ3n) is 3.39. The molecule has 0 saturated carbocycles. The second-order valence-electron chi connectivity index (χ2n) is 5.50. The number of hydrogen-bond acceptors (Lipinski definition) is 4. The average Bonchev–Trinajstić information content (AvgIpc) is 2.43. The molecule has 0 unspecified atom stereocenters. The molecule has 1 rings (SSSR count). The van der Waals surface area contributed by atoms with E-state index in [-0.39, 0.29) is 0 Å². The molecule has 114 valence electrons. The van der Waals surface area contributed by atoms with Crippen molar-refractivity contribution in [3.63, 3.8) is 0 Å². The Bertz CT molecular complexity index is 415. The van der Waals surface area contributed by atoms with Gasteiger partial charge in [-0.1, -0.05) is 20.8 Å². The summed E-state index contributed by atoms with van der Waals surface area (Å²) in [7, 11) is 0. The maximum absolute atomic E-state index is 4.77. The first-order valence-electron chi connectivity index (χ1n) is 7.93. The van der Waals surface area contributed by atoms with Crippen LogP contribution in [0.15, 0.2) is 0 Å². The van der Waals surface area contributed by atoms with Crippen molar-refractivity contribution in [3.8, 4) is 0 Å². The Kier molecular flexibility index (Phi) is 6.76. The van der Waals surface area contributed by atoms with E-state index in [2.05, 4.69) is 56.7 Å². The zero-order chi connectivity index (χ0) is 15.1. The standard InChI is InChI=1S/C16H30N4/c1-7-10-17-15-13(6)16(19-14(9-3)18-15)20(11-8-2)12(4)5/h12H,7-11H2,1-6H3,(H,17,18,19). The minimum Gasteiger partial charge on any atom is -0.370 e. The molecule has 0 radical (unpaired) electrons. The van der Waals surface area contributed by atoms with Crippen molar-refractivity contribution < 1.29 is 0 Å². The number of nitrogens with one attached hydrogen (secondary N) is 1. The van der Waals surface area contributed by atoms with Crippen LogP contribution in [0.3, 0.4) is 0 Å². The van der Waals surface area contributed by atoms with Crippen LogP contribution in [0.5, 0.6) is 0 Å². The van der Waals surface area contributed by atoms with Crippen LogP contribution in [0.1, 0.15) is 58.8 Å². The minimum atomic E-state index is 0.451. The summed E-state index contributed by atoms with van der Waals surface area (Å²) in [4.78, 5) is 11.8. The van der Waals surface area contributed by atoms with E-state index < -0.39 is 0 Å². The number of rotatable bonds is 8. The fraction of sp³-hybridized carbons (Fsp3) is 0.750. The normalized spacial score (nSPS) is 10.9. The molecule has 1 aromatic heterocycles. The summed E-state index contributed by atoms with van der Waals surface area (Å²) in [5.74, 6) is 3.01. The van der Waals surface area contributed by atoms with Gasteiger partial charge in [-0.15, -0.1) is 0 Å². The van der Waals surface area contributed by atoms with E-state index in [9.17, 15) is 0 Å². The summed E-state index contributed by atoms with van der Waals surface area (Å²) in [6.07, 6.45) is 3.09. The average molecular weight is 278 g/mol. The quantitative estimate of drug-likeness (QED) is 0.785. The van der Waals surface area contributed by atoms with Crippen LogP contribution < -0.4 is 10.2 Å². The molecule has 4 heteroatoms. The predicted octanol–water partition coefficient (Wildman–Crippen LogP) is 3.79. The van der Waals surface area contributed by atoms with E-state index in [1.807, 2.05) is 0 Å². The molecular formula is C16H30N4. The molecule has 0 saturated heterocycles. The van der Waals surface area contributed by atoms with Gasteiger partial charge in [0.15, 0.2) is 0 Å². The van der Waals surface area contributed by atoms with E-state index in [1.54, 1.807) is 0 Å². The molecule has 0 aliphatic carbocycles. The van der Waals surface area contributed by atoms with Crippen LogP contribution in [0.4, 0.5) is 11.6 Å². The van der Waals surface area contributed by atoms with E-state index >= 15 is 0 Å². The lowest BCUT2D eigenvalue weighted by Crippen LogP contribution is -2.33. The number of nitrogens with zero attached hydrogens (tertiary/aromatic N) is 3. The molecule has 0 fully saturated rings. The Morgan fingerprint density at radius 3 is 2.30 bits per heavy atom. The van der Waals surface area contributed by atoms with Gasteiger partial charge < -0.3 is 10.2 Å². The van der Waals surface area contributed by atoms with Gasteiger partial charge in [0.05, 0.1) is 0 Å². The minimum absolute atomic E-state index is 0.451. The van der Waals surface area contributed by atoms with E-state index in [4.69, 9.17) is 4.98 Å². The Hall–Kier alpha value is -1.32. The first-order chi connectivity index (χ1) is 9.54. The molecule has 4 nitrogen and oxygen atoms in total. The van der Waals surface area contributed by atoms with Crippen molar-refractivity contribution in [2.45, 2.75) is 66.8 Å². The largest absolute Gasteiger partial charge is 0.370 e. The first-order valence-corrected chi connectivity index (χ1v) is 7.93. The highest BCUT2D eigenvalue weighted by Gasteiger charge is 2.17. The van der Waals surface area contributed by atoms with Crippen molar-refractivity contribution in [1.29, 1.82) is 0 Å². The van der Waals surface area contributed by atoms with Crippen LogP contribution in [-0.2, 0) is 6.42 Å². The van der Waals surface area contributed by atoms with Crippen molar-refractivity contribution in [3.05, 3.63) is 11.4 Å². The fourth-order valence-electron chi connectivity index (χ4n) is 2.25. The lowest BCUT2D eigenvalue weighted by molar-refractivity contribution is 0.655. The molecule has 0 spiro atoms. The van der Waals surface area contributed by atoms with Gasteiger partial charge in [-0.2, -0.15) is 0 Å². The summed E-state index contributed by atoms with van der Waals surface area (Å²) in [6.45, 7) is 15.0. The van der Waals surface area contributed by atoms with Crippen molar-refractivity contribution in [2.75, 3.05) is 23.3 Å². The number of hydrogen-bond donors (Lipinski definition) is 1. The summed E-state index contributed by atoms with van der Waals surface area (Å²) in [5, 5.41) is 3.44. The topological polar surface area (TPSA) is 41.1 Å². The van der Waals surface area contributed by atoms with Gasteiger partial charge in [-0.05, 0) is 33.6 Å². The zero-order valence-electron chi connectivity index (χ0n) is 14.0. The van der Waals surface area contributed by atoms with Crippen LogP contribution in [0.2, 0.25) is 0 Å². The number of aryl methyl sites for hydroxylation is 1. The molecule has 0 aliphatic rings. The van der Waals surface area contributed by atoms with Crippen molar-refractivity contribution in [2.24, 2.45) is 0 Å². The first kappa shape index (κ1) is 16.7. The summed E-state index contributed by atoms with van der Waals surface area (Å²) >= 11 is 0. The van der Waals surface area contributed by atoms with Crippen molar-refractivity contribution >= 4 is 11.6 Å². The lowest BCUT2D eigenvalue weighted by Gasteiger charge is -2.30. The third-order valence-corrected chi connectivity index (χ3v) is 3.39. The van der Waals surface area contributed by atoms with Gasteiger partial charge in [0.25, 0.3) is 0 Å². The Balaban J connectivity index is 3.21. The molecule has 1 N–H and O–H groups in total. The molecule has 0 atom stereocenters. The monoisotopic (exact) mass is 278 g/mol. The van der Waals surface area contributed by atoms with Crippen LogP contribution >= 0.6 is 0 Å². The van der Waals surface area contributed by atoms with Crippen LogP contribution in [0, 0.1) is 6.92 Å². The maximum atomic E-state index is 4.77. The molecule has 1 aromatic rings. The molecular weight excluding hydrogens is 248 g/mol. The van der Waals surface area contributed by atoms with Gasteiger partial charge >= 0.3 is 0 Å². The Morgan fingerprint density at radius 2 is 1.80 bits per heavy atom. The SMILES string of the molecule is CCCNc1nc(CC)nc(N(CCC)C(C)C)c1C.